The van der Waals surface area contributed by atoms with Crippen molar-refractivity contribution in [3.8, 4) is 0 Å². The number of H-pyrrole nitrogens is 1. The monoisotopic (exact) mass is 309 g/mol. The molecule has 1 fully saturated rings. The lowest BCUT2D eigenvalue weighted by atomic mass is 10.0. The molecule has 0 saturated carbocycles. The largest absolute Gasteiger partial charge is 0.281 e. The van der Waals surface area contributed by atoms with Gasteiger partial charge in [-0.1, -0.05) is 12.5 Å². The van der Waals surface area contributed by atoms with Gasteiger partial charge in [-0.15, -0.1) is 0 Å². The van der Waals surface area contributed by atoms with E-state index in [2.05, 4.69) is 10.2 Å². The lowest BCUT2D eigenvalue weighted by Crippen LogP contribution is -2.38. The molecule has 2 aromatic rings. The highest BCUT2D eigenvalue weighted by Gasteiger charge is 2.35. The first-order valence-corrected chi connectivity index (χ1v) is 8.30. The predicted molar refractivity (Wildman–Crippen MR) is 75.5 cm³/mol. The van der Waals surface area contributed by atoms with Crippen molar-refractivity contribution in [1.82, 2.24) is 14.5 Å². The molecule has 1 aliphatic heterocycles. The van der Waals surface area contributed by atoms with Gasteiger partial charge in [-0.2, -0.15) is 9.40 Å². The second-order valence-electron chi connectivity index (χ2n) is 5.10. The van der Waals surface area contributed by atoms with Crippen LogP contribution in [0.25, 0.3) is 0 Å². The van der Waals surface area contributed by atoms with Crippen molar-refractivity contribution in [3.63, 3.8) is 0 Å². The number of benzene rings is 1. The molecule has 0 bridgehead atoms. The number of rotatable bonds is 3. The van der Waals surface area contributed by atoms with Crippen molar-refractivity contribution >= 4 is 10.0 Å². The molecule has 1 saturated heterocycles. The summed E-state index contributed by atoms with van der Waals surface area (Å²) >= 11 is 0. The lowest BCUT2D eigenvalue weighted by Gasteiger charge is -2.33. The van der Waals surface area contributed by atoms with Gasteiger partial charge >= 0.3 is 0 Å². The Morgan fingerprint density at radius 3 is 2.86 bits per heavy atom. The van der Waals surface area contributed by atoms with Gasteiger partial charge in [-0.3, -0.25) is 5.10 Å². The van der Waals surface area contributed by atoms with Gasteiger partial charge in [0.2, 0.25) is 10.0 Å². The molecule has 3 rings (SSSR count). The van der Waals surface area contributed by atoms with E-state index in [0.29, 0.717) is 6.54 Å². The van der Waals surface area contributed by atoms with Crippen LogP contribution < -0.4 is 0 Å². The van der Waals surface area contributed by atoms with Crippen molar-refractivity contribution in [3.05, 3.63) is 48.0 Å². The summed E-state index contributed by atoms with van der Waals surface area (Å²) in [7, 11) is -3.71. The number of nitrogens with one attached hydrogen (secondary N) is 1. The Morgan fingerprint density at radius 1 is 1.29 bits per heavy atom. The number of nitrogens with zero attached hydrogens (tertiary/aromatic N) is 2. The Morgan fingerprint density at radius 2 is 2.14 bits per heavy atom. The lowest BCUT2D eigenvalue weighted by molar-refractivity contribution is 0.251. The number of halogens is 1. The molecule has 0 amide bonds. The smallest absolute Gasteiger partial charge is 0.243 e. The highest BCUT2D eigenvalue weighted by Crippen LogP contribution is 2.34. The summed E-state index contributed by atoms with van der Waals surface area (Å²) in [6, 6.07) is 6.66. The average molecular weight is 309 g/mol. The first-order chi connectivity index (χ1) is 10.1. The molecular formula is C14H16FN3O2S. The molecule has 1 aromatic heterocycles. The van der Waals surface area contributed by atoms with Gasteiger partial charge < -0.3 is 0 Å². The van der Waals surface area contributed by atoms with Crippen LogP contribution in [0.2, 0.25) is 0 Å². The van der Waals surface area contributed by atoms with Crippen LogP contribution in [0.4, 0.5) is 4.39 Å². The van der Waals surface area contributed by atoms with E-state index < -0.39 is 15.8 Å². The number of hydrogen-bond donors (Lipinski definition) is 1. The van der Waals surface area contributed by atoms with Crippen LogP contribution in [-0.2, 0) is 10.0 Å². The van der Waals surface area contributed by atoms with E-state index in [1.165, 1.54) is 22.5 Å². The zero-order valence-corrected chi connectivity index (χ0v) is 12.2. The van der Waals surface area contributed by atoms with Gasteiger partial charge in [-0.25, -0.2) is 12.8 Å². The van der Waals surface area contributed by atoms with Crippen LogP contribution in [0, 0.1) is 5.82 Å². The Kier molecular flexibility index (Phi) is 3.77. The maximum absolute atomic E-state index is 13.3. The molecule has 0 spiro atoms. The summed E-state index contributed by atoms with van der Waals surface area (Å²) < 4.78 is 40.3. The maximum Gasteiger partial charge on any atom is 0.243 e. The van der Waals surface area contributed by atoms with Crippen molar-refractivity contribution in [1.29, 1.82) is 0 Å². The van der Waals surface area contributed by atoms with Gasteiger partial charge in [0.25, 0.3) is 0 Å². The highest BCUT2D eigenvalue weighted by atomic mass is 32.2. The highest BCUT2D eigenvalue weighted by molar-refractivity contribution is 7.89. The topological polar surface area (TPSA) is 66.1 Å². The second kappa shape index (κ2) is 5.57. The van der Waals surface area contributed by atoms with Crippen LogP contribution in [-0.4, -0.2) is 29.5 Å². The van der Waals surface area contributed by atoms with E-state index in [-0.39, 0.29) is 10.9 Å². The molecule has 0 unspecified atom stereocenters. The summed E-state index contributed by atoms with van der Waals surface area (Å²) in [5.41, 5.74) is 0.773. The Bertz CT molecular complexity index is 716. The Balaban J connectivity index is 1.99. The molecule has 112 valence electrons. The van der Waals surface area contributed by atoms with E-state index >= 15 is 0 Å². The van der Waals surface area contributed by atoms with E-state index in [1.807, 2.05) is 0 Å². The third-order valence-electron chi connectivity index (χ3n) is 3.74. The van der Waals surface area contributed by atoms with E-state index in [4.69, 9.17) is 0 Å². The van der Waals surface area contributed by atoms with Gasteiger partial charge in [0.05, 0.1) is 16.6 Å². The Labute approximate surface area is 122 Å². The van der Waals surface area contributed by atoms with E-state index in [1.54, 1.807) is 12.3 Å². The quantitative estimate of drug-likeness (QED) is 0.947. The predicted octanol–water partition coefficient (Wildman–Crippen LogP) is 2.46. The summed E-state index contributed by atoms with van der Waals surface area (Å²) in [6.07, 6.45) is 4.10. The van der Waals surface area contributed by atoms with Crippen LogP contribution in [0.5, 0.6) is 0 Å². The Hall–Kier alpha value is -1.73. The van der Waals surface area contributed by atoms with Gasteiger partial charge in [0.1, 0.15) is 5.82 Å². The molecule has 1 N–H and O–H groups in total. The van der Waals surface area contributed by atoms with Crippen molar-refractivity contribution in [2.45, 2.75) is 30.2 Å². The molecule has 21 heavy (non-hydrogen) atoms. The van der Waals surface area contributed by atoms with E-state index in [9.17, 15) is 12.8 Å². The van der Waals surface area contributed by atoms with Gasteiger partial charge in [0, 0.05) is 12.7 Å². The van der Waals surface area contributed by atoms with Crippen LogP contribution >= 0.6 is 0 Å². The van der Waals surface area contributed by atoms with Crippen LogP contribution in [0.3, 0.4) is 0 Å². The molecule has 1 aliphatic rings. The fraction of sp³-hybridized carbons (Fsp3) is 0.357. The molecule has 0 aliphatic carbocycles. The summed E-state index contributed by atoms with van der Waals surface area (Å²) in [4.78, 5) is -0.00563. The number of piperidine rings is 1. The molecule has 0 radical (unpaired) electrons. The molecule has 1 aromatic carbocycles. The normalized spacial score (nSPS) is 20.5. The number of sulfonamides is 1. The maximum atomic E-state index is 13.3. The van der Waals surface area contributed by atoms with Crippen molar-refractivity contribution in [2.75, 3.05) is 6.54 Å². The SMILES string of the molecule is O=S(=O)(c1cccc(F)c1)N1CCCC[C@@H]1c1ccn[nH]1. The minimum absolute atomic E-state index is 0.00563. The zero-order chi connectivity index (χ0) is 14.9. The third kappa shape index (κ3) is 2.71. The molecule has 2 heterocycles. The van der Waals surface area contributed by atoms with Crippen molar-refractivity contribution < 1.29 is 12.8 Å². The van der Waals surface area contributed by atoms with E-state index in [0.717, 1.165) is 31.0 Å². The standard InChI is InChI=1S/C14H16FN3O2S/c15-11-4-3-5-12(10-11)21(19,20)18-9-2-1-6-14(18)13-7-8-16-17-13/h3-5,7-8,10,14H,1-2,6,9H2,(H,16,17)/t14-/m1/s1. The van der Waals surface area contributed by atoms with Gasteiger partial charge in [-0.05, 0) is 37.1 Å². The average Bonchev–Trinajstić information content (AvgIpc) is 3.01. The zero-order valence-electron chi connectivity index (χ0n) is 11.4. The first-order valence-electron chi connectivity index (χ1n) is 6.86. The number of aromatic nitrogens is 2. The second-order valence-corrected chi connectivity index (χ2v) is 6.99. The molecule has 1 atom stereocenters. The van der Waals surface area contributed by atoms with Gasteiger partial charge in [0.15, 0.2) is 0 Å². The molecular weight excluding hydrogens is 293 g/mol. The third-order valence-corrected chi connectivity index (χ3v) is 5.64. The summed E-state index contributed by atoms with van der Waals surface area (Å²) in [6.45, 7) is 0.433. The fourth-order valence-electron chi connectivity index (χ4n) is 2.72. The molecule has 7 heteroatoms. The van der Waals surface area contributed by atoms with Crippen LogP contribution in [0.15, 0.2) is 41.4 Å². The number of hydrogen-bond acceptors (Lipinski definition) is 3. The molecule has 5 nitrogen and oxygen atoms in total. The first kappa shape index (κ1) is 14.2. The fourth-order valence-corrected chi connectivity index (χ4v) is 4.42. The minimum Gasteiger partial charge on any atom is -0.281 e. The minimum atomic E-state index is -3.71. The number of aromatic amines is 1. The van der Waals surface area contributed by atoms with Crippen LogP contribution in [0.1, 0.15) is 31.0 Å². The summed E-state index contributed by atoms with van der Waals surface area (Å²) in [5.74, 6) is -0.550. The van der Waals surface area contributed by atoms with Crippen molar-refractivity contribution in [2.24, 2.45) is 0 Å². The summed E-state index contributed by atoms with van der Waals surface area (Å²) in [5, 5.41) is 6.74.